The van der Waals surface area contributed by atoms with E-state index in [1.807, 2.05) is 0 Å². The molecule has 68 valence electrons. The van der Waals surface area contributed by atoms with Crippen LogP contribution in [0, 0.1) is 0 Å². The predicted molar refractivity (Wildman–Crippen MR) is 53.0 cm³/mol. The average Bonchev–Trinajstić information content (AvgIpc) is 2.48. The molecule has 0 amide bonds. The number of anilines is 1. The van der Waals surface area contributed by atoms with Crippen LogP contribution in [-0.4, -0.2) is 4.98 Å². The van der Waals surface area contributed by atoms with Crippen LogP contribution >= 0.6 is 23.2 Å². The highest BCUT2D eigenvalue weighted by atomic mass is 35.5. The second-order valence-corrected chi connectivity index (χ2v) is 3.26. The summed E-state index contributed by atoms with van der Waals surface area (Å²) in [4.78, 5) is 4.09. The Bertz CT molecular complexity index is 414. The van der Waals surface area contributed by atoms with E-state index >= 15 is 0 Å². The highest BCUT2D eigenvalue weighted by Gasteiger charge is 2.07. The van der Waals surface area contributed by atoms with Gasteiger partial charge in [-0.2, -0.15) is 0 Å². The highest BCUT2D eigenvalue weighted by molar-refractivity contribution is 6.33. The fourth-order valence-corrected chi connectivity index (χ4v) is 1.34. The monoisotopic (exact) mass is 216 g/mol. The number of nitrogens with two attached hydrogens (primary N) is 1. The van der Waals surface area contributed by atoms with Gasteiger partial charge in [-0.3, -0.25) is 0 Å². The molecule has 1 heterocycles. The summed E-state index contributed by atoms with van der Waals surface area (Å²) < 4.78 is 5.27. The van der Waals surface area contributed by atoms with E-state index in [0.29, 0.717) is 27.7 Å². The topological polar surface area (TPSA) is 52.0 Å². The van der Waals surface area contributed by atoms with Gasteiger partial charge in [-0.05, 0) is 6.07 Å². The van der Waals surface area contributed by atoms with Gasteiger partial charge in [0.25, 0.3) is 0 Å². The van der Waals surface area contributed by atoms with E-state index in [1.54, 1.807) is 12.1 Å². The van der Waals surface area contributed by atoms with Gasteiger partial charge in [0.05, 0.1) is 16.6 Å². The van der Waals surface area contributed by atoms with E-state index < -0.39 is 0 Å². The Morgan fingerprint density at radius 3 is 2.92 bits per heavy atom. The molecule has 2 rings (SSSR count). The molecular formula is C8H6Cl2N2O. The summed E-state index contributed by atoms with van der Waals surface area (Å²) in [6.45, 7) is 0. The van der Waals surface area contributed by atoms with Crippen LogP contribution in [0.1, 0.15) is 5.89 Å². The molecule has 3 nitrogen and oxygen atoms in total. The van der Waals surface area contributed by atoms with Crippen molar-refractivity contribution in [3.63, 3.8) is 0 Å². The lowest BCUT2D eigenvalue weighted by molar-refractivity contribution is 0.555. The molecular weight excluding hydrogens is 211 g/mol. The number of oxazole rings is 1. The van der Waals surface area contributed by atoms with Gasteiger partial charge < -0.3 is 10.2 Å². The Morgan fingerprint density at radius 2 is 2.23 bits per heavy atom. The maximum atomic E-state index is 5.80. The summed E-state index contributed by atoms with van der Waals surface area (Å²) >= 11 is 11.4. The smallest absolute Gasteiger partial charge is 0.210 e. The van der Waals surface area contributed by atoms with Crippen LogP contribution in [0.3, 0.4) is 0 Å². The van der Waals surface area contributed by atoms with Gasteiger partial charge >= 0.3 is 0 Å². The third-order valence-corrected chi connectivity index (χ3v) is 2.22. The minimum Gasteiger partial charge on any atom is -0.439 e. The first-order valence-corrected chi connectivity index (χ1v) is 4.52. The summed E-state index contributed by atoms with van der Waals surface area (Å²) in [6.07, 6.45) is 0. The van der Waals surface area contributed by atoms with Gasteiger partial charge in [-0.25, -0.2) is 4.98 Å². The lowest BCUT2D eigenvalue weighted by Gasteiger charge is -1.94. The molecule has 5 heteroatoms. The number of alkyl halides is 1. The van der Waals surface area contributed by atoms with Gasteiger partial charge in [0.2, 0.25) is 5.89 Å². The Morgan fingerprint density at radius 1 is 1.46 bits per heavy atom. The second-order valence-electron chi connectivity index (χ2n) is 2.58. The number of rotatable bonds is 1. The number of hydrogen-bond donors (Lipinski definition) is 1. The fourth-order valence-electron chi connectivity index (χ4n) is 1.07. The zero-order valence-electron chi connectivity index (χ0n) is 6.55. The van der Waals surface area contributed by atoms with Crippen LogP contribution in [0.25, 0.3) is 11.1 Å². The number of halogens is 2. The molecule has 0 unspecified atom stereocenters. The van der Waals surface area contributed by atoms with E-state index in [1.165, 1.54) is 0 Å². The molecule has 0 atom stereocenters. The Labute approximate surface area is 84.4 Å². The molecule has 13 heavy (non-hydrogen) atoms. The fraction of sp³-hybridized carbons (Fsp3) is 0.125. The van der Waals surface area contributed by atoms with Gasteiger partial charge in [0.1, 0.15) is 5.52 Å². The summed E-state index contributed by atoms with van der Waals surface area (Å²) in [5, 5.41) is 0.474. The van der Waals surface area contributed by atoms with E-state index in [4.69, 9.17) is 33.4 Å². The number of benzene rings is 1. The molecule has 0 bridgehead atoms. The van der Waals surface area contributed by atoms with E-state index in [0.717, 1.165) is 0 Å². The number of aromatic nitrogens is 1. The van der Waals surface area contributed by atoms with Crippen LogP contribution in [0.2, 0.25) is 5.02 Å². The average molecular weight is 217 g/mol. The predicted octanol–water partition coefficient (Wildman–Crippen LogP) is 2.80. The van der Waals surface area contributed by atoms with Gasteiger partial charge in [0, 0.05) is 6.07 Å². The minimum atomic E-state index is 0.242. The largest absolute Gasteiger partial charge is 0.439 e. The molecule has 0 saturated carbocycles. The lowest BCUT2D eigenvalue weighted by Crippen LogP contribution is -1.84. The van der Waals surface area contributed by atoms with Crippen molar-refractivity contribution >= 4 is 40.0 Å². The molecule has 0 saturated heterocycles. The van der Waals surface area contributed by atoms with Crippen LogP contribution < -0.4 is 5.73 Å². The zero-order chi connectivity index (χ0) is 9.42. The van der Waals surface area contributed by atoms with Crippen molar-refractivity contribution in [2.24, 2.45) is 0 Å². The first-order valence-electron chi connectivity index (χ1n) is 3.61. The maximum Gasteiger partial charge on any atom is 0.210 e. The van der Waals surface area contributed by atoms with Crippen LogP contribution in [0.4, 0.5) is 5.69 Å². The van der Waals surface area contributed by atoms with Crippen molar-refractivity contribution in [1.29, 1.82) is 0 Å². The number of hydrogen-bond acceptors (Lipinski definition) is 3. The molecule has 0 aliphatic carbocycles. The Kier molecular flexibility index (Phi) is 2.06. The number of nitrogens with zero attached hydrogens (tertiary/aromatic N) is 1. The SMILES string of the molecule is Nc1cc2oc(CCl)nc2cc1Cl. The maximum absolute atomic E-state index is 5.80. The van der Waals surface area contributed by atoms with E-state index in [2.05, 4.69) is 4.98 Å². The first-order chi connectivity index (χ1) is 6.20. The Balaban J connectivity index is 2.70. The summed E-state index contributed by atoms with van der Waals surface area (Å²) in [5.41, 5.74) is 7.35. The highest BCUT2D eigenvalue weighted by Crippen LogP contribution is 2.26. The first kappa shape index (κ1) is 8.66. The molecule has 0 aliphatic rings. The molecule has 2 aromatic rings. The van der Waals surface area contributed by atoms with Crippen molar-refractivity contribution in [3.8, 4) is 0 Å². The van der Waals surface area contributed by atoms with E-state index in [-0.39, 0.29) is 5.88 Å². The number of fused-ring (bicyclic) bond motifs is 1. The van der Waals surface area contributed by atoms with Crippen LogP contribution in [-0.2, 0) is 5.88 Å². The zero-order valence-corrected chi connectivity index (χ0v) is 8.06. The molecule has 2 N–H and O–H groups in total. The third kappa shape index (κ3) is 1.45. The second kappa shape index (κ2) is 3.09. The standard InChI is InChI=1S/C8H6Cl2N2O/c9-3-8-12-6-1-4(10)5(11)2-7(6)13-8/h1-2H,3,11H2. The van der Waals surface area contributed by atoms with Crippen LogP contribution in [0.15, 0.2) is 16.5 Å². The summed E-state index contributed by atoms with van der Waals surface area (Å²) in [7, 11) is 0. The molecule has 0 fully saturated rings. The quantitative estimate of drug-likeness (QED) is 0.590. The lowest BCUT2D eigenvalue weighted by atomic mass is 10.3. The summed E-state index contributed by atoms with van der Waals surface area (Å²) in [5.74, 6) is 0.713. The van der Waals surface area contributed by atoms with Crippen molar-refractivity contribution in [3.05, 3.63) is 23.0 Å². The van der Waals surface area contributed by atoms with Crippen molar-refractivity contribution in [1.82, 2.24) is 4.98 Å². The minimum absolute atomic E-state index is 0.242. The normalized spacial score (nSPS) is 10.9. The summed E-state index contributed by atoms with van der Waals surface area (Å²) in [6, 6.07) is 3.30. The molecule has 0 aliphatic heterocycles. The molecule has 0 radical (unpaired) electrons. The van der Waals surface area contributed by atoms with Crippen molar-refractivity contribution in [2.45, 2.75) is 5.88 Å². The van der Waals surface area contributed by atoms with E-state index in [9.17, 15) is 0 Å². The molecule has 0 spiro atoms. The third-order valence-electron chi connectivity index (χ3n) is 1.67. The van der Waals surface area contributed by atoms with Gasteiger partial charge in [-0.1, -0.05) is 11.6 Å². The van der Waals surface area contributed by atoms with Gasteiger partial charge in [-0.15, -0.1) is 11.6 Å². The van der Waals surface area contributed by atoms with Crippen molar-refractivity contribution < 1.29 is 4.42 Å². The number of nitrogen functional groups attached to an aromatic ring is 1. The van der Waals surface area contributed by atoms with Gasteiger partial charge in [0.15, 0.2) is 5.58 Å². The van der Waals surface area contributed by atoms with Crippen molar-refractivity contribution in [2.75, 3.05) is 5.73 Å². The Hall–Kier alpha value is -0.930. The van der Waals surface area contributed by atoms with Crippen LogP contribution in [0.5, 0.6) is 0 Å². The molecule has 1 aromatic heterocycles. The molecule has 1 aromatic carbocycles.